The number of halogens is 1. The van der Waals surface area contributed by atoms with Crippen LogP contribution in [0.3, 0.4) is 0 Å². The van der Waals surface area contributed by atoms with Gasteiger partial charge in [0, 0.05) is 25.0 Å². The van der Waals surface area contributed by atoms with Crippen LogP contribution in [0.25, 0.3) is 0 Å². The fraction of sp³-hybridized carbons (Fsp3) is 0.632. The van der Waals surface area contributed by atoms with Gasteiger partial charge in [-0.2, -0.15) is 4.31 Å². The quantitative estimate of drug-likeness (QED) is 0.873. The molecule has 0 radical (unpaired) electrons. The summed E-state index contributed by atoms with van der Waals surface area (Å²) in [4.78, 5) is 12.7. The van der Waals surface area contributed by atoms with E-state index in [9.17, 15) is 17.6 Å². The van der Waals surface area contributed by atoms with Gasteiger partial charge in [-0.25, -0.2) is 12.8 Å². The van der Waals surface area contributed by atoms with Crippen molar-refractivity contribution in [3.05, 3.63) is 30.1 Å². The number of carbonyl (C=O) groups is 1. The second-order valence-corrected chi connectivity index (χ2v) is 9.86. The smallest absolute Gasteiger partial charge is 0.243 e. The number of piperidine rings is 1. The van der Waals surface area contributed by atoms with Crippen LogP contribution in [-0.2, 0) is 14.8 Å². The van der Waals surface area contributed by atoms with Gasteiger partial charge in [-0.15, -0.1) is 0 Å². The molecule has 1 aliphatic heterocycles. The van der Waals surface area contributed by atoms with Gasteiger partial charge in [-0.05, 0) is 68.2 Å². The largest absolute Gasteiger partial charge is 0.353 e. The van der Waals surface area contributed by atoms with Crippen molar-refractivity contribution in [2.75, 3.05) is 13.1 Å². The first-order valence-electron chi connectivity index (χ1n) is 9.49. The monoisotopic (exact) mass is 380 g/mol. The molecule has 4 rings (SSSR count). The van der Waals surface area contributed by atoms with Crippen molar-refractivity contribution in [2.24, 2.45) is 17.8 Å². The van der Waals surface area contributed by atoms with E-state index >= 15 is 0 Å². The van der Waals surface area contributed by atoms with Gasteiger partial charge >= 0.3 is 0 Å². The summed E-state index contributed by atoms with van der Waals surface area (Å²) in [6, 6.07) is 5.21. The first-order valence-corrected chi connectivity index (χ1v) is 10.9. The molecule has 2 saturated carbocycles. The van der Waals surface area contributed by atoms with Crippen LogP contribution in [0.1, 0.15) is 38.5 Å². The number of benzene rings is 1. The molecule has 0 unspecified atom stereocenters. The zero-order valence-corrected chi connectivity index (χ0v) is 15.6. The van der Waals surface area contributed by atoms with Crippen molar-refractivity contribution in [3.63, 3.8) is 0 Å². The van der Waals surface area contributed by atoms with Gasteiger partial charge in [0.2, 0.25) is 15.9 Å². The molecule has 1 aromatic rings. The predicted octanol–water partition coefficient (Wildman–Crippen LogP) is 2.53. The number of fused-ring (bicyclic) bond motifs is 2. The van der Waals surface area contributed by atoms with Gasteiger partial charge in [-0.3, -0.25) is 4.79 Å². The molecule has 1 amide bonds. The van der Waals surface area contributed by atoms with Gasteiger partial charge in [0.25, 0.3) is 0 Å². The lowest BCUT2D eigenvalue weighted by Crippen LogP contribution is -2.46. The third-order valence-electron chi connectivity index (χ3n) is 6.34. The molecule has 3 fully saturated rings. The number of hydrogen-bond acceptors (Lipinski definition) is 3. The minimum absolute atomic E-state index is 0.0846. The number of sulfonamides is 1. The number of nitrogens with zero attached hydrogens (tertiary/aromatic N) is 1. The van der Waals surface area contributed by atoms with Gasteiger partial charge in [0.05, 0.1) is 4.90 Å². The SMILES string of the molecule is O=C(N[C@@H]1C[C@H]2CC[C@H]1C2)C1CCN(S(=O)(=O)c2ccc(F)cc2)CC1. The van der Waals surface area contributed by atoms with Crippen LogP contribution < -0.4 is 5.32 Å². The Morgan fingerprint density at radius 3 is 2.31 bits per heavy atom. The van der Waals surface area contributed by atoms with Crippen LogP contribution in [0.15, 0.2) is 29.2 Å². The minimum Gasteiger partial charge on any atom is -0.353 e. The predicted molar refractivity (Wildman–Crippen MR) is 95.3 cm³/mol. The Balaban J connectivity index is 1.33. The third kappa shape index (κ3) is 3.39. The topological polar surface area (TPSA) is 66.5 Å². The summed E-state index contributed by atoms with van der Waals surface area (Å²) in [5, 5.41) is 3.22. The van der Waals surface area contributed by atoms with Crippen molar-refractivity contribution < 1.29 is 17.6 Å². The highest BCUT2D eigenvalue weighted by Gasteiger charge is 2.41. The van der Waals surface area contributed by atoms with E-state index in [0.29, 0.717) is 37.9 Å². The van der Waals surface area contributed by atoms with Crippen molar-refractivity contribution in [1.82, 2.24) is 9.62 Å². The number of nitrogens with one attached hydrogen (secondary N) is 1. The minimum atomic E-state index is -3.62. The van der Waals surface area contributed by atoms with E-state index in [4.69, 9.17) is 0 Å². The van der Waals surface area contributed by atoms with Crippen molar-refractivity contribution in [2.45, 2.75) is 49.5 Å². The molecule has 1 saturated heterocycles. The van der Waals surface area contributed by atoms with E-state index in [1.165, 1.54) is 35.7 Å². The second kappa shape index (κ2) is 6.93. The first kappa shape index (κ1) is 17.9. The molecule has 2 aliphatic carbocycles. The third-order valence-corrected chi connectivity index (χ3v) is 8.25. The Kier molecular flexibility index (Phi) is 4.77. The van der Waals surface area contributed by atoms with Crippen LogP contribution >= 0.6 is 0 Å². The molecule has 7 heteroatoms. The average molecular weight is 380 g/mol. The number of amides is 1. The molecule has 1 heterocycles. The molecule has 5 nitrogen and oxygen atoms in total. The average Bonchev–Trinajstić information content (AvgIpc) is 3.25. The Morgan fingerprint density at radius 2 is 1.73 bits per heavy atom. The molecule has 26 heavy (non-hydrogen) atoms. The summed E-state index contributed by atoms with van der Waals surface area (Å²) in [7, 11) is -3.62. The first-order chi connectivity index (χ1) is 12.4. The van der Waals surface area contributed by atoms with Crippen LogP contribution in [0, 0.1) is 23.6 Å². The summed E-state index contributed by atoms with van der Waals surface area (Å²) in [6.07, 6.45) is 5.95. The van der Waals surface area contributed by atoms with Crippen LogP contribution in [0.5, 0.6) is 0 Å². The van der Waals surface area contributed by atoms with Crippen LogP contribution in [-0.4, -0.2) is 37.8 Å². The fourth-order valence-electron chi connectivity index (χ4n) is 4.84. The molecule has 1 N–H and O–H groups in total. The molecule has 2 bridgehead atoms. The zero-order chi connectivity index (χ0) is 18.3. The number of hydrogen-bond donors (Lipinski definition) is 1. The van der Waals surface area contributed by atoms with Crippen molar-refractivity contribution in [1.29, 1.82) is 0 Å². The van der Waals surface area contributed by atoms with E-state index in [0.717, 1.165) is 24.5 Å². The molecule has 3 aliphatic rings. The lowest BCUT2D eigenvalue weighted by Gasteiger charge is -2.32. The summed E-state index contributed by atoms with van der Waals surface area (Å²) < 4.78 is 39.7. The summed E-state index contributed by atoms with van der Waals surface area (Å²) in [5.41, 5.74) is 0. The molecule has 142 valence electrons. The highest BCUT2D eigenvalue weighted by molar-refractivity contribution is 7.89. The lowest BCUT2D eigenvalue weighted by molar-refractivity contribution is -0.127. The fourth-order valence-corrected chi connectivity index (χ4v) is 6.31. The van der Waals surface area contributed by atoms with Crippen molar-refractivity contribution in [3.8, 4) is 0 Å². The standard InChI is InChI=1S/C19H25FN2O3S/c20-16-3-5-17(6-4-16)26(24,25)22-9-7-14(8-10-22)19(23)21-18-12-13-1-2-15(18)11-13/h3-6,13-15,18H,1-2,7-12H2,(H,21,23)/t13-,15-,18+/m0/s1. The maximum Gasteiger partial charge on any atom is 0.243 e. The van der Waals surface area contributed by atoms with E-state index in [1.54, 1.807) is 0 Å². The molecule has 1 aromatic carbocycles. The normalized spacial score (nSPS) is 29.8. The van der Waals surface area contributed by atoms with Gasteiger partial charge in [0.15, 0.2) is 0 Å². The number of rotatable bonds is 4. The highest BCUT2D eigenvalue weighted by atomic mass is 32.2. The number of carbonyl (C=O) groups excluding carboxylic acids is 1. The second-order valence-electron chi connectivity index (χ2n) is 7.92. The molecule has 3 atom stereocenters. The highest BCUT2D eigenvalue weighted by Crippen LogP contribution is 2.44. The van der Waals surface area contributed by atoms with Gasteiger partial charge in [0.1, 0.15) is 5.82 Å². The molecular formula is C19H25FN2O3S. The summed E-state index contributed by atoms with van der Waals surface area (Å²) in [6.45, 7) is 0.656. The Labute approximate surface area is 154 Å². The molecular weight excluding hydrogens is 355 g/mol. The van der Waals surface area contributed by atoms with E-state index in [-0.39, 0.29) is 16.7 Å². The molecule has 0 aromatic heterocycles. The van der Waals surface area contributed by atoms with E-state index < -0.39 is 15.8 Å². The Hall–Kier alpha value is -1.47. The Bertz CT molecular complexity index is 772. The lowest BCUT2D eigenvalue weighted by atomic mass is 9.93. The van der Waals surface area contributed by atoms with Crippen LogP contribution in [0.4, 0.5) is 4.39 Å². The summed E-state index contributed by atoms with van der Waals surface area (Å²) in [5.74, 6) is 0.936. The van der Waals surface area contributed by atoms with Gasteiger partial charge in [-0.1, -0.05) is 6.42 Å². The van der Waals surface area contributed by atoms with Crippen molar-refractivity contribution >= 4 is 15.9 Å². The van der Waals surface area contributed by atoms with Crippen LogP contribution in [0.2, 0.25) is 0 Å². The maximum absolute atomic E-state index is 13.0. The Morgan fingerprint density at radius 1 is 1.04 bits per heavy atom. The van der Waals surface area contributed by atoms with E-state index in [1.807, 2.05) is 0 Å². The molecule has 0 spiro atoms. The zero-order valence-electron chi connectivity index (χ0n) is 14.7. The maximum atomic E-state index is 13.0. The van der Waals surface area contributed by atoms with E-state index in [2.05, 4.69) is 5.32 Å². The van der Waals surface area contributed by atoms with Gasteiger partial charge < -0.3 is 5.32 Å². The summed E-state index contributed by atoms with van der Waals surface area (Å²) >= 11 is 0.